The van der Waals surface area contributed by atoms with Crippen molar-refractivity contribution in [2.45, 2.75) is 43.1 Å². The molecule has 13 nitrogen and oxygen atoms in total. The largest absolute Gasteiger partial charge is 0.479 e. The normalized spacial score (nSPS) is 21.0. The zero-order valence-corrected chi connectivity index (χ0v) is 25.0. The number of nitrogen functional groups attached to an aromatic ring is 1. The molecule has 5 atom stereocenters. The number of carboxylic acid groups (broad SMARTS) is 1. The van der Waals surface area contributed by atoms with E-state index in [-0.39, 0.29) is 40.9 Å². The first-order valence-corrected chi connectivity index (χ1v) is 15.0. The van der Waals surface area contributed by atoms with Gasteiger partial charge in [-0.05, 0) is 28.3 Å². The van der Waals surface area contributed by atoms with Crippen LogP contribution in [0.25, 0.3) is 27.1 Å². The summed E-state index contributed by atoms with van der Waals surface area (Å²) in [5.41, 5.74) is 9.42. The summed E-state index contributed by atoms with van der Waals surface area (Å²) in [5.74, 6) is -1.25. The highest BCUT2D eigenvalue weighted by atomic mass is 35.5. The van der Waals surface area contributed by atoms with Gasteiger partial charge in [0.05, 0.1) is 24.1 Å². The number of carbonyl (C=O) groups is 1. The van der Waals surface area contributed by atoms with E-state index in [1.165, 1.54) is 27.7 Å². The first-order valence-electron chi connectivity index (χ1n) is 13.7. The number of aliphatic carboxylic acids is 1. The third kappa shape index (κ3) is 5.73. The minimum absolute atomic E-state index is 0.0341. The molecule has 0 unspecified atom stereocenters. The Kier molecular flexibility index (Phi) is 8.47. The molecule has 2 aromatic carbocycles. The number of nitrogens with zero attached hydrogens (tertiary/aromatic N) is 6. The van der Waals surface area contributed by atoms with Gasteiger partial charge in [0.25, 0.3) is 0 Å². The molecule has 3 aromatic heterocycles. The second-order valence-electron chi connectivity index (χ2n) is 10.4. The Bertz CT molecular complexity index is 1880. The molecule has 1 saturated heterocycles. The molecule has 45 heavy (non-hydrogen) atoms. The molecule has 0 amide bonds. The van der Waals surface area contributed by atoms with Crippen molar-refractivity contribution in [2.24, 2.45) is 0 Å². The van der Waals surface area contributed by atoms with E-state index in [9.17, 15) is 20.1 Å². The van der Waals surface area contributed by atoms with Crippen molar-refractivity contribution >= 4 is 45.9 Å². The number of benzene rings is 2. The van der Waals surface area contributed by atoms with E-state index in [1.54, 1.807) is 17.5 Å². The van der Waals surface area contributed by atoms with Crippen molar-refractivity contribution < 1.29 is 29.6 Å². The molecule has 6 rings (SSSR count). The number of rotatable bonds is 10. The van der Waals surface area contributed by atoms with Gasteiger partial charge in [0.1, 0.15) is 23.8 Å². The molecule has 1 aliphatic rings. The van der Waals surface area contributed by atoms with Crippen molar-refractivity contribution in [2.75, 3.05) is 12.3 Å². The van der Waals surface area contributed by atoms with Crippen molar-refractivity contribution in [1.82, 2.24) is 24.5 Å². The van der Waals surface area contributed by atoms with Crippen LogP contribution in [0.4, 0.5) is 5.82 Å². The second kappa shape index (κ2) is 12.5. The molecular formula is C30H26ClN7O6S. The molecule has 15 heteroatoms. The lowest BCUT2D eigenvalue weighted by Crippen LogP contribution is -2.44. The van der Waals surface area contributed by atoms with Gasteiger partial charge in [-0.1, -0.05) is 48.5 Å². The summed E-state index contributed by atoms with van der Waals surface area (Å²) < 4.78 is 13.5. The van der Waals surface area contributed by atoms with E-state index >= 15 is 0 Å². The Hall–Kier alpha value is -4.49. The summed E-state index contributed by atoms with van der Waals surface area (Å²) in [5, 5.41) is 33.8. The molecule has 0 aliphatic carbocycles. The number of hydrogen-bond donors (Lipinski definition) is 4. The number of anilines is 1. The van der Waals surface area contributed by atoms with Crippen LogP contribution in [0, 0.1) is 6.57 Å². The van der Waals surface area contributed by atoms with Crippen molar-refractivity contribution in [3.05, 3.63) is 99.3 Å². The zero-order chi connectivity index (χ0) is 31.7. The second-order valence-corrected chi connectivity index (χ2v) is 11.5. The fraction of sp³-hybridized carbons (Fsp3) is 0.267. The summed E-state index contributed by atoms with van der Waals surface area (Å²) >= 11 is 7.19. The Morgan fingerprint density at radius 3 is 2.64 bits per heavy atom. The highest BCUT2D eigenvalue weighted by molar-refractivity contribution is 7.07. The fourth-order valence-corrected chi connectivity index (χ4v) is 6.19. The third-order valence-electron chi connectivity index (χ3n) is 7.70. The smallest absolute Gasteiger partial charge is 0.342 e. The number of aromatic nitrogens is 5. The molecule has 5 N–H and O–H groups in total. The van der Waals surface area contributed by atoms with Gasteiger partial charge in [0, 0.05) is 17.4 Å². The lowest BCUT2D eigenvalue weighted by atomic mass is 9.90. The van der Waals surface area contributed by atoms with Gasteiger partial charge in [-0.15, -0.1) is 11.3 Å². The number of nitrogens with two attached hydrogens (primary N) is 1. The SMILES string of the molecule is [C-]#[N+]Cc1ccccc1-c1ccc(C[C@@](OC[C@H]2O[C@@H](n3cnc4c(N)nc(Cl)nc43)[C@H](O)[C@@H]2O)(C(=O)O)c2cscn2)cc1. The molecule has 4 heterocycles. The van der Waals surface area contributed by atoms with Crippen LogP contribution >= 0.6 is 22.9 Å². The first kappa shape index (κ1) is 30.5. The number of carboxylic acids is 1. The van der Waals surface area contributed by atoms with Gasteiger partial charge in [-0.2, -0.15) is 9.97 Å². The highest BCUT2D eigenvalue weighted by Gasteiger charge is 2.49. The van der Waals surface area contributed by atoms with Gasteiger partial charge in [-0.25, -0.2) is 21.3 Å². The number of aliphatic hydroxyl groups is 2. The number of thiazole rings is 1. The first-order chi connectivity index (χ1) is 21.7. The third-order valence-corrected chi connectivity index (χ3v) is 8.46. The number of fused-ring (bicyclic) bond motifs is 1. The van der Waals surface area contributed by atoms with E-state index < -0.39 is 42.7 Å². The number of ether oxygens (including phenoxy) is 2. The van der Waals surface area contributed by atoms with Crippen molar-refractivity contribution in [3.63, 3.8) is 0 Å². The standard InChI is InChI=1S/C30H26ClN7O6S/c1-33-11-18-4-2-3-5-19(18)17-8-6-16(7-9-17)10-30(28(41)42,21-13-45-15-35-21)43-12-20-23(39)24(40)27(44-20)38-14-34-22-25(32)36-29(31)37-26(22)38/h2-9,13-15,20,23-24,27,39-40H,10-12H2,(H,41,42)(H2,32,36,37)/t20-,23-,24-,27-,30+/m1/s1. The quantitative estimate of drug-likeness (QED) is 0.129. The Labute approximate surface area is 265 Å². The Morgan fingerprint density at radius 1 is 1.16 bits per heavy atom. The number of halogens is 1. The minimum atomic E-state index is -1.94. The van der Waals surface area contributed by atoms with Crippen molar-refractivity contribution in [1.29, 1.82) is 0 Å². The van der Waals surface area contributed by atoms with Crippen LogP contribution < -0.4 is 5.73 Å². The summed E-state index contributed by atoms with van der Waals surface area (Å²) in [6.07, 6.45) is -3.93. The molecule has 5 aromatic rings. The van der Waals surface area contributed by atoms with Crippen LogP contribution in [0.2, 0.25) is 5.28 Å². The van der Waals surface area contributed by atoms with Gasteiger partial charge in [0.2, 0.25) is 17.4 Å². The number of hydrogen-bond acceptors (Lipinski definition) is 11. The maximum Gasteiger partial charge on any atom is 0.342 e. The maximum absolute atomic E-state index is 12.9. The molecular weight excluding hydrogens is 622 g/mol. The van der Waals surface area contributed by atoms with E-state index in [4.69, 9.17) is 33.4 Å². The molecule has 0 radical (unpaired) electrons. The molecule has 0 bridgehead atoms. The van der Waals surface area contributed by atoms with Crippen LogP contribution in [0.5, 0.6) is 0 Å². The summed E-state index contributed by atoms with van der Waals surface area (Å²) in [6.45, 7) is 7.10. The van der Waals surface area contributed by atoms with E-state index in [0.717, 1.165) is 16.7 Å². The van der Waals surface area contributed by atoms with Crippen LogP contribution in [0.1, 0.15) is 23.0 Å². The van der Waals surface area contributed by atoms with Crippen LogP contribution in [0.15, 0.2) is 65.7 Å². The van der Waals surface area contributed by atoms with E-state index in [0.29, 0.717) is 5.56 Å². The Balaban J connectivity index is 1.25. The van der Waals surface area contributed by atoms with E-state index in [1.807, 2.05) is 36.4 Å². The highest BCUT2D eigenvalue weighted by Crippen LogP contribution is 2.36. The lowest BCUT2D eigenvalue weighted by Gasteiger charge is -2.30. The minimum Gasteiger partial charge on any atom is -0.479 e. The van der Waals surface area contributed by atoms with Crippen LogP contribution in [-0.2, 0) is 32.8 Å². The molecule has 0 spiro atoms. The molecule has 1 fully saturated rings. The maximum atomic E-state index is 12.9. The van der Waals surface area contributed by atoms with Crippen LogP contribution in [-0.4, -0.2) is 70.7 Å². The summed E-state index contributed by atoms with van der Waals surface area (Å²) in [6, 6.07) is 15.0. The van der Waals surface area contributed by atoms with Crippen LogP contribution in [0.3, 0.4) is 0 Å². The number of imidazole rings is 1. The topological polar surface area (TPSA) is 183 Å². The fourth-order valence-electron chi connectivity index (χ4n) is 5.41. The molecule has 1 aliphatic heterocycles. The summed E-state index contributed by atoms with van der Waals surface area (Å²) in [7, 11) is 0. The zero-order valence-electron chi connectivity index (χ0n) is 23.4. The molecule has 0 saturated carbocycles. The Morgan fingerprint density at radius 2 is 1.93 bits per heavy atom. The van der Waals surface area contributed by atoms with Gasteiger partial charge in [0.15, 0.2) is 17.7 Å². The average Bonchev–Trinajstić information content (AvgIpc) is 3.77. The van der Waals surface area contributed by atoms with Crippen molar-refractivity contribution in [3.8, 4) is 11.1 Å². The predicted molar refractivity (Wildman–Crippen MR) is 164 cm³/mol. The van der Waals surface area contributed by atoms with E-state index in [2.05, 4.69) is 24.8 Å². The van der Waals surface area contributed by atoms with Gasteiger partial charge in [-0.3, -0.25) is 4.57 Å². The van der Waals surface area contributed by atoms with Gasteiger partial charge < -0.3 is 35.4 Å². The summed E-state index contributed by atoms with van der Waals surface area (Å²) in [4.78, 5) is 32.9. The monoisotopic (exact) mass is 647 g/mol. The number of aliphatic hydroxyl groups excluding tert-OH is 2. The van der Waals surface area contributed by atoms with Gasteiger partial charge >= 0.3 is 5.97 Å². The lowest BCUT2D eigenvalue weighted by molar-refractivity contribution is -0.177. The molecule has 230 valence electrons. The average molecular weight is 648 g/mol. The predicted octanol–water partition coefficient (Wildman–Crippen LogP) is 3.46.